The molecule has 1 aromatic heterocycles. The maximum atomic E-state index is 12.2. The smallest absolute Gasteiger partial charge is 0.328 e. The van der Waals surface area contributed by atoms with Crippen LogP contribution in [-0.4, -0.2) is 22.0 Å². The second kappa shape index (κ2) is 6.81. The molecule has 2 rings (SSSR count). The quantitative estimate of drug-likeness (QED) is 0.832. The van der Waals surface area contributed by atoms with Gasteiger partial charge in [-0.25, -0.2) is 4.79 Å². The predicted molar refractivity (Wildman–Crippen MR) is 81.1 cm³/mol. The van der Waals surface area contributed by atoms with Gasteiger partial charge in [0.15, 0.2) is 0 Å². The first-order valence-corrected chi connectivity index (χ1v) is 7.11. The van der Waals surface area contributed by atoms with Crippen LogP contribution in [0.5, 0.6) is 0 Å². The molecule has 2 N–H and O–H groups in total. The summed E-state index contributed by atoms with van der Waals surface area (Å²) in [7, 11) is 0. The number of aromatic nitrogens is 1. The normalized spacial score (nSPS) is 10.7. The van der Waals surface area contributed by atoms with Gasteiger partial charge in [-0.2, -0.15) is 0 Å². The molecule has 0 radical (unpaired) electrons. The van der Waals surface area contributed by atoms with E-state index in [-0.39, 0.29) is 5.91 Å². The molecule has 0 unspecified atom stereocenters. The fraction of sp³-hybridized carbons (Fsp3) is 0.133. The highest BCUT2D eigenvalue weighted by molar-refractivity contribution is 7.09. The number of carboxylic acid groups (broad SMARTS) is 1. The molecule has 0 aliphatic carbocycles. The Labute approximate surface area is 126 Å². The van der Waals surface area contributed by atoms with Crippen LogP contribution >= 0.6 is 11.3 Å². The lowest BCUT2D eigenvalue weighted by Gasteiger charge is -2.07. The molecule has 21 heavy (non-hydrogen) atoms. The Bertz CT molecular complexity index is 678. The summed E-state index contributed by atoms with van der Waals surface area (Å²) < 4.78 is 0. The van der Waals surface area contributed by atoms with Gasteiger partial charge in [0, 0.05) is 22.7 Å². The van der Waals surface area contributed by atoms with Crippen LogP contribution in [-0.2, 0) is 11.3 Å². The molecular formula is C15H14N2O3S. The number of benzene rings is 1. The summed E-state index contributed by atoms with van der Waals surface area (Å²) in [5.74, 6) is -1.21. The minimum Gasteiger partial charge on any atom is -0.478 e. The highest BCUT2D eigenvalue weighted by atomic mass is 32.1. The van der Waals surface area contributed by atoms with Crippen molar-refractivity contribution in [2.75, 3.05) is 0 Å². The highest BCUT2D eigenvalue weighted by Gasteiger charge is 2.09. The fourth-order valence-electron chi connectivity index (χ4n) is 1.75. The summed E-state index contributed by atoms with van der Waals surface area (Å²) in [5, 5.41) is 11.5. The van der Waals surface area contributed by atoms with Crippen LogP contribution in [0.15, 0.2) is 36.0 Å². The summed E-state index contributed by atoms with van der Waals surface area (Å²) in [4.78, 5) is 27.6. The van der Waals surface area contributed by atoms with E-state index in [9.17, 15) is 9.59 Å². The van der Waals surface area contributed by atoms with Crippen molar-refractivity contribution >= 4 is 29.3 Å². The Kier molecular flexibility index (Phi) is 4.84. The molecule has 1 amide bonds. The van der Waals surface area contributed by atoms with Crippen LogP contribution in [0.2, 0.25) is 0 Å². The number of rotatable bonds is 5. The number of nitrogens with zero attached hydrogens (tertiary/aromatic N) is 1. The maximum absolute atomic E-state index is 12.2. The van der Waals surface area contributed by atoms with Gasteiger partial charge in [0.25, 0.3) is 5.91 Å². The van der Waals surface area contributed by atoms with E-state index in [2.05, 4.69) is 10.3 Å². The Morgan fingerprint density at radius 1 is 1.43 bits per heavy atom. The average molecular weight is 302 g/mol. The van der Waals surface area contributed by atoms with E-state index >= 15 is 0 Å². The topological polar surface area (TPSA) is 79.3 Å². The molecule has 6 heteroatoms. The van der Waals surface area contributed by atoms with E-state index in [4.69, 9.17) is 5.11 Å². The van der Waals surface area contributed by atoms with Crippen LogP contribution in [0, 0.1) is 6.92 Å². The van der Waals surface area contributed by atoms with Gasteiger partial charge in [0.05, 0.1) is 12.1 Å². The third kappa shape index (κ3) is 4.25. The lowest BCUT2D eigenvalue weighted by molar-refractivity contribution is -0.131. The standard InChI is InChI=1S/C15H14N2O3S/c1-10-2-3-11(4-5-14(18)19)6-13(10)15(20)17-8-12-7-16-9-21-12/h2-7,9H,8H2,1H3,(H,17,20)(H,18,19)/b5-4+. The van der Waals surface area contributed by atoms with E-state index in [1.165, 1.54) is 17.4 Å². The number of thiazole rings is 1. The van der Waals surface area contributed by atoms with Crippen molar-refractivity contribution in [1.29, 1.82) is 0 Å². The van der Waals surface area contributed by atoms with E-state index in [0.29, 0.717) is 17.7 Å². The summed E-state index contributed by atoms with van der Waals surface area (Å²) in [6.07, 6.45) is 4.22. The highest BCUT2D eigenvalue weighted by Crippen LogP contribution is 2.13. The van der Waals surface area contributed by atoms with Crippen LogP contribution in [0.1, 0.15) is 26.4 Å². The van der Waals surface area contributed by atoms with Crippen LogP contribution < -0.4 is 5.32 Å². The monoisotopic (exact) mass is 302 g/mol. The predicted octanol–water partition coefficient (Wildman–Crippen LogP) is 2.48. The van der Waals surface area contributed by atoms with Crippen LogP contribution in [0.25, 0.3) is 6.08 Å². The molecule has 0 saturated heterocycles. The SMILES string of the molecule is Cc1ccc(/C=C/C(=O)O)cc1C(=O)NCc1cncs1. The lowest BCUT2D eigenvalue weighted by atomic mass is 10.0. The Balaban J connectivity index is 2.12. The van der Waals surface area contributed by atoms with Gasteiger partial charge in [0.1, 0.15) is 0 Å². The Morgan fingerprint density at radius 3 is 2.90 bits per heavy atom. The number of aliphatic carboxylic acids is 1. The minimum atomic E-state index is -1.02. The molecule has 0 spiro atoms. The summed E-state index contributed by atoms with van der Waals surface area (Å²) >= 11 is 1.48. The average Bonchev–Trinajstić information content (AvgIpc) is 2.97. The number of carbonyl (C=O) groups is 2. The van der Waals surface area contributed by atoms with Crippen molar-refractivity contribution in [2.24, 2.45) is 0 Å². The van der Waals surface area contributed by atoms with Gasteiger partial charge in [0.2, 0.25) is 0 Å². The second-order valence-corrected chi connectivity index (χ2v) is 5.37. The van der Waals surface area contributed by atoms with E-state index in [0.717, 1.165) is 16.5 Å². The number of hydrogen-bond donors (Lipinski definition) is 2. The van der Waals surface area contributed by atoms with Crippen LogP contribution in [0.3, 0.4) is 0 Å². The number of amides is 1. The van der Waals surface area contributed by atoms with Gasteiger partial charge < -0.3 is 10.4 Å². The van der Waals surface area contributed by atoms with E-state index in [1.54, 1.807) is 29.9 Å². The van der Waals surface area contributed by atoms with Gasteiger partial charge in [-0.05, 0) is 30.2 Å². The summed E-state index contributed by atoms with van der Waals surface area (Å²) in [6, 6.07) is 5.24. The number of aryl methyl sites for hydroxylation is 1. The van der Waals surface area contributed by atoms with Gasteiger partial charge in [-0.3, -0.25) is 9.78 Å². The van der Waals surface area contributed by atoms with Crippen molar-refractivity contribution in [3.63, 3.8) is 0 Å². The van der Waals surface area contributed by atoms with Gasteiger partial charge in [-0.1, -0.05) is 12.1 Å². The summed E-state index contributed by atoms with van der Waals surface area (Å²) in [5.41, 5.74) is 3.76. The number of nitrogens with one attached hydrogen (secondary N) is 1. The minimum absolute atomic E-state index is 0.188. The molecule has 1 aromatic carbocycles. The first-order valence-electron chi connectivity index (χ1n) is 6.23. The van der Waals surface area contributed by atoms with Gasteiger partial charge in [-0.15, -0.1) is 11.3 Å². The fourth-order valence-corrected chi connectivity index (χ4v) is 2.28. The molecule has 0 bridgehead atoms. The van der Waals surface area contributed by atoms with E-state index < -0.39 is 5.97 Å². The molecule has 5 nitrogen and oxygen atoms in total. The van der Waals surface area contributed by atoms with Crippen molar-refractivity contribution in [3.05, 3.63) is 57.6 Å². The van der Waals surface area contributed by atoms with Crippen molar-refractivity contribution < 1.29 is 14.7 Å². The van der Waals surface area contributed by atoms with Crippen molar-refractivity contribution in [3.8, 4) is 0 Å². The lowest BCUT2D eigenvalue weighted by Crippen LogP contribution is -2.23. The van der Waals surface area contributed by atoms with Gasteiger partial charge >= 0.3 is 5.97 Å². The van der Waals surface area contributed by atoms with Crippen molar-refractivity contribution in [2.45, 2.75) is 13.5 Å². The first-order chi connectivity index (χ1) is 10.1. The molecule has 0 aliphatic rings. The number of hydrogen-bond acceptors (Lipinski definition) is 4. The zero-order valence-corrected chi connectivity index (χ0v) is 12.2. The first kappa shape index (κ1) is 14.9. The molecule has 1 heterocycles. The summed E-state index contributed by atoms with van der Waals surface area (Å²) in [6.45, 7) is 2.27. The second-order valence-electron chi connectivity index (χ2n) is 4.40. The molecule has 0 aliphatic heterocycles. The van der Waals surface area contributed by atoms with E-state index in [1.807, 2.05) is 6.92 Å². The number of carboxylic acids is 1. The zero-order chi connectivity index (χ0) is 15.2. The van der Waals surface area contributed by atoms with Crippen LogP contribution in [0.4, 0.5) is 0 Å². The third-order valence-electron chi connectivity index (χ3n) is 2.83. The molecular weight excluding hydrogens is 288 g/mol. The molecule has 0 fully saturated rings. The Hall–Kier alpha value is -2.47. The molecule has 2 aromatic rings. The molecule has 0 atom stereocenters. The third-order valence-corrected chi connectivity index (χ3v) is 3.61. The molecule has 108 valence electrons. The zero-order valence-electron chi connectivity index (χ0n) is 11.4. The van der Waals surface area contributed by atoms with Crippen molar-refractivity contribution in [1.82, 2.24) is 10.3 Å². The largest absolute Gasteiger partial charge is 0.478 e. The number of carbonyl (C=O) groups excluding carboxylic acids is 1. The molecule has 0 saturated carbocycles. The maximum Gasteiger partial charge on any atom is 0.328 e. The Morgan fingerprint density at radius 2 is 2.24 bits per heavy atom.